The van der Waals surface area contributed by atoms with E-state index in [-0.39, 0.29) is 22.8 Å². The smallest absolute Gasteiger partial charge is 0.303 e. The van der Waals surface area contributed by atoms with Crippen molar-refractivity contribution in [2.24, 2.45) is 0 Å². The van der Waals surface area contributed by atoms with Gasteiger partial charge < -0.3 is 23.7 Å². The van der Waals surface area contributed by atoms with Crippen LogP contribution in [0.3, 0.4) is 0 Å². The van der Waals surface area contributed by atoms with E-state index in [2.05, 4.69) is 0 Å². The maximum Gasteiger partial charge on any atom is 0.303 e. The first-order valence-corrected chi connectivity index (χ1v) is 11.2. The number of carbonyl (C=O) groups is 4. The predicted molar refractivity (Wildman–Crippen MR) is 125 cm³/mol. The monoisotopic (exact) mass is 515 g/mol. The summed E-state index contributed by atoms with van der Waals surface area (Å²) in [6.07, 6.45) is -5.59. The molecule has 2 aromatic rings. The summed E-state index contributed by atoms with van der Waals surface area (Å²) in [7, 11) is 0. The fraction of sp³-hybridized carbons (Fsp3) is 0.360. The lowest BCUT2D eigenvalue weighted by molar-refractivity contribution is -0.384. The first-order valence-electron chi connectivity index (χ1n) is 11.2. The van der Waals surface area contributed by atoms with Crippen LogP contribution in [0.15, 0.2) is 48.5 Å². The normalized spacial score (nSPS) is 22.9. The molecule has 12 nitrogen and oxygen atoms in total. The van der Waals surface area contributed by atoms with Crippen LogP contribution in [0.5, 0.6) is 5.75 Å². The number of ketones is 1. The average molecular weight is 515 g/mol. The highest BCUT2D eigenvalue weighted by Crippen LogP contribution is 2.30. The minimum absolute atomic E-state index is 0.132. The van der Waals surface area contributed by atoms with Crippen molar-refractivity contribution in [3.63, 3.8) is 0 Å². The van der Waals surface area contributed by atoms with Gasteiger partial charge in [-0.05, 0) is 43.3 Å². The Kier molecular flexibility index (Phi) is 8.56. The van der Waals surface area contributed by atoms with Crippen LogP contribution < -0.4 is 4.74 Å². The number of hydrogen-bond acceptors (Lipinski definition) is 11. The van der Waals surface area contributed by atoms with Crippen molar-refractivity contribution in [1.82, 2.24) is 0 Å². The maximum atomic E-state index is 12.7. The summed E-state index contributed by atoms with van der Waals surface area (Å²) in [4.78, 5) is 58.2. The van der Waals surface area contributed by atoms with Gasteiger partial charge in [-0.1, -0.05) is 0 Å². The number of carbonyl (C=O) groups excluding carboxylic acids is 4. The molecule has 0 radical (unpaired) electrons. The van der Waals surface area contributed by atoms with Gasteiger partial charge in [0.1, 0.15) is 5.75 Å². The molecule has 1 aliphatic heterocycles. The molecular weight excluding hydrogens is 490 g/mol. The van der Waals surface area contributed by atoms with Gasteiger partial charge in [0.2, 0.25) is 12.4 Å². The molecule has 12 heteroatoms. The van der Waals surface area contributed by atoms with Crippen LogP contribution in [0.25, 0.3) is 0 Å². The maximum absolute atomic E-state index is 12.7. The lowest BCUT2D eigenvalue weighted by Gasteiger charge is -2.43. The molecule has 1 heterocycles. The van der Waals surface area contributed by atoms with Gasteiger partial charge in [0.05, 0.1) is 11.0 Å². The molecule has 0 amide bonds. The van der Waals surface area contributed by atoms with Crippen LogP contribution in [-0.2, 0) is 33.3 Å². The molecule has 0 saturated carbocycles. The number of rotatable bonds is 8. The second-order valence-electron chi connectivity index (χ2n) is 8.21. The number of ether oxygens (including phenoxy) is 5. The Morgan fingerprint density at radius 2 is 1.22 bits per heavy atom. The zero-order valence-corrected chi connectivity index (χ0v) is 20.4. The summed E-state index contributed by atoms with van der Waals surface area (Å²) in [5.74, 6) is -2.17. The molecule has 2 aromatic carbocycles. The van der Waals surface area contributed by atoms with Gasteiger partial charge in [-0.3, -0.25) is 29.3 Å². The van der Waals surface area contributed by atoms with Crippen molar-refractivity contribution in [2.75, 3.05) is 0 Å². The highest BCUT2D eigenvalue weighted by Gasteiger charge is 2.51. The van der Waals surface area contributed by atoms with E-state index in [4.69, 9.17) is 23.7 Å². The number of hydrogen-bond donors (Lipinski definition) is 0. The number of nitro benzene ring substituents is 1. The van der Waals surface area contributed by atoms with E-state index in [1.807, 2.05) is 0 Å². The summed E-state index contributed by atoms with van der Waals surface area (Å²) in [6.45, 7) is 5.07. The van der Waals surface area contributed by atoms with E-state index in [0.717, 1.165) is 13.8 Å². The Labute approximate surface area is 211 Å². The fourth-order valence-corrected chi connectivity index (χ4v) is 3.78. The molecule has 0 spiro atoms. The molecule has 1 saturated heterocycles. The topological polar surface area (TPSA) is 158 Å². The van der Waals surface area contributed by atoms with Gasteiger partial charge in [0.15, 0.2) is 18.0 Å². The zero-order valence-electron chi connectivity index (χ0n) is 20.4. The van der Waals surface area contributed by atoms with Crippen molar-refractivity contribution in [3.8, 4) is 5.75 Å². The standard InChI is InChI=1S/C25H25NO11/c1-13-22(34-14(2)27)23(35-15(3)28)24(36-16(4)29)25(33-13)37-20-11-7-18(8-12-20)21(30)17-5-9-19(10-6-17)26(31)32/h5-13,22-25H,1-4H3/t13-,22-,23+,24+,25+/m0/s1. The number of esters is 3. The third-order valence-electron chi connectivity index (χ3n) is 5.34. The molecule has 1 aliphatic rings. The summed E-state index contributed by atoms with van der Waals surface area (Å²) >= 11 is 0. The van der Waals surface area contributed by atoms with Crippen molar-refractivity contribution >= 4 is 29.4 Å². The Hall–Kier alpha value is -4.32. The minimum atomic E-state index is -1.27. The van der Waals surface area contributed by atoms with E-state index in [1.54, 1.807) is 6.92 Å². The second kappa shape index (κ2) is 11.6. The van der Waals surface area contributed by atoms with Crippen LogP contribution in [0, 0.1) is 10.1 Å². The summed E-state index contributed by atoms with van der Waals surface area (Å²) < 4.78 is 27.6. The van der Waals surface area contributed by atoms with Gasteiger partial charge in [-0.15, -0.1) is 0 Å². The van der Waals surface area contributed by atoms with Gasteiger partial charge in [-0.2, -0.15) is 0 Å². The van der Waals surface area contributed by atoms with E-state index in [1.165, 1.54) is 55.5 Å². The largest absolute Gasteiger partial charge is 0.461 e. The summed E-state index contributed by atoms with van der Waals surface area (Å²) in [5, 5.41) is 10.8. The van der Waals surface area contributed by atoms with Gasteiger partial charge in [0.25, 0.3) is 5.69 Å². The molecule has 0 N–H and O–H groups in total. The second-order valence-corrected chi connectivity index (χ2v) is 8.21. The molecule has 0 bridgehead atoms. The number of non-ortho nitro benzene ring substituents is 1. The Morgan fingerprint density at radius 1 is 0.757 bits per heavy atom. The average Bonchev–Trinajstić information content (AvgIpc) is 2.83. The number of benzene rings is 2. The SMILES string of the molecule is CC(=O)O[C@@H]1[C@@H](OC(C)=O)[C@H](C)O[C@H](Oc2ccc(C(=O)c3ccc([N+](=O)[O-])cc3)cc2)[C@@H]1OC(C)=O. The van der Waals surface area contributed by atoms with Crippen molar-refractivity contribution in [1.29, 1.82) is 0 Å². The molecule has 1 fully saturated rings. The molecule has 0 unspecified atom stereocenters. The molecule has 0 aromatic heterocycles. The van der Waals surface area contributed by atoms with Crippen LogP contribution >= 0.6 is 0 Å². The molecule has 3 rings (SSSR count). The van der Waals surface area contributed by atoms with Crippen molar-refractivity contribution < 1.29 is 47.8 Å². The van der Waals surface area contributed by atoms with Crippen molar-refractivity contribution in [3.05, 3.63) is 69.8 Å². The Morgan fingerprint density at radius 3 is 1.70 bits per heavy atom. The van der Waals surface area contributed by atoms with Crippen LogP contribution in [0.2, 0.25) is 0 Å². The molecule has 0 aliphatic carbocycles. The number of nitrogens with zero attached hydrogens (tertiary/aromatic N) is 1. The van der Waals surface area contributed by atoms with E-state index in [9.17, 15) is 29.3 Å². The molecular formula is C25H25NO11. The number of nitro groups is 1. The third-order valence-corrected chi connectivity index (χ3v) is 5.34. The first kappa shape index (κ1) is 27.3. The van der Waals surface area contributed by atoms with Crippen LogP contribution in [-0.4, -0.2) is 59.3 Å². The molecule has 196 valence electrons. The lowest BCUT2D eigenvalue weighted by atomic mass is 9.98. The van der Waals surface area contributed by atoms with E-state index >= 15 is 0 Å². The summed E-state index contributed by atoms with van der Waals surface area (Å²) in [6, 6.07) is 11.1. The first-order chi connectivity index (χ1) is 17.5. The highest BCUT2D eigenvalue weighted by molar-refractivity contribution is 6.09. The summed E-state index contributed by atoms with van der Waals surface area (Å²) in [5.41, 5.74) is 0.426. The van der Waals surface area contributed by atoms with Crippen molar-refractivity contribution in [2.45, 2.75) is 58.4 Å². The van der Waals surface area contributed by atoms with Gasteiger partial charge in [0, 0.05) is 44.0 Å². The molecule has 5 atom stereocenters. The van der Waals surface area contributed by atoms with Gasteiger partial charge in [-0.25, -0.2) is 0 Å². The van der Waals surface area contributed by atoms with Crippen LogP contribution in [0.4, 0.5) is 5.69 Å². The van der Waals surface area contributed by atoms with Gasteiger partial charge >= 0.3 is 17.9 Å². The third kappa shape index (κ3) is 6.88. The Balaban J connectivity index is 1.81. The predicted octanol–water partition coefficient (Wildman–Crippen LogP) is 2.74. The minimum Gasteiger partial charge on any atom is -0.461 e. The fourth-order valence-electron chi connectivity index (χ4n) is 3.78. The van der Waals surface area contributed by atoms with E-state index in [0.29, 0.717) is 5.56 Å². The zero-order chi connectivity index (χ0) is 27.3. The van der Waals surface area contributed by atoms with E-state index < -0.39 is 53.5 Å². The highest BCUT2D eigenvalue weighted by atomic mass is 16.7. The lowest BCUT2D eigenvalue weighted by Crippen LogP contribution is -2.62. The Bertz CT molecular complexity index is 1180. The van der Waals surface area contributed by atoms with Crippen LogP contribution in [0.1, 0.15) is 43.6 Å². The quantitative estimate of drug-likeness (QED) is 0.167. The molecule has 37 heavy (non-hydrogen) atoms.